The first-order valence-electron chi connectivity index (χ1n) is 10.0. The summed E-state index contributed by atoms with van der Waals surface area (Å²) in [5, 5.41) is 5.03. The van der Waals surface area contributed by atoms with Crippen molar-refractivity contribution in [1.29, 1.82) is 0 Å². The van der Waals surface area contributed by atoms with E-state index in [2.05, 4.69) is 17.6 Å². The molecule has 2 N–H and O–H groups in total. The molecule has 0 bridgehead atoms. The second-order valence-electron chi connectivity index (χ2n) is 7.34. The lowest BCUT2D eigenvalue weighted by Crippen LogP contribution is -2.54. The minimum Gasteiger partial charge on any atom is -0.356 e. The third kappa shape index (κ3) is 4.36. The molecule has 2 heterocycles. The Bertz CT molecular complexity index is 864. The van der Waals surface area contributed by atoms with Crippen LogP contribution in [0.25, 0.3) is 0 Å². The van der Waals surface area contributed by atoms with Crippen LogP contribution in [0.2, 0.25) is 0 Å². The fraction of sp³-hybridized carbons (Fsp3) is 0.476. The average molecular weight is 399 g/mol. The van der Waals surface area contributed by atoms with Gasteiger partial charge in [-0.3, -0.25) is 34.2 Å². The van der Waals surface area contributed by atoms with Gasteiger partial charge in [0.1, 0.15) is 6.04 Å². The van der Waals surface area contributed by atoms with Crippen molar-refractivity contribution in [3.8, 4) is 0 Å². The molecule has 0 spiro atoms. The first-order valence-corrected chi connectivity index (χ1v) is 10.0. The molecule has 154 valence electrons. The first kappa shape index (κ1) is 20.7. The summed E-state index contributed by atoms with van der Waals surface area (Å²) in [5.41, 5.74) is 1.19. The van der Waals surface area contributed by atoms with E-state index < -0.39 is 29.7 Å². The molecule has 0 aromatic heterocycles. The number of benzene rings is 1. The zero-order valence-electron chi connectivity index (χ0n) is 16.5. The molecule has 1 aromatic rings. The molecular formula is C21H25N3O5. The number of fused-ring (bicyclic) bond motifs is 1. The van der Waals surface area contributed by atoms with E-state index >= 15 is 0 Å². The zero-order chi connectivity index (χ0) is 21.0. The number of nitrogens with one attached hydrogen (secondary N) is 2. The third-order valence-corrected chi connectivity index (χ3v) is 5.28. The van der Waals surface area contributed by atoms with Gasteiger partial charge in [0.15, 0.2) is 0 Å². The molecule has 8 nitrogen and oxygen atoms in total. The number of imide groups is 2. The second kappa shape index (κ2) is 8.98. The Morgan fingerprint density at radius 2 is 1.97 bits per heavy atom. The normalized spacial score (nSPS) is 18.7. The highest BCUT2D eigenvalue weighted by atomic mass is 16.2. The maximum atomic E-state index is 13.0. The molecule has 29 heavy (non-hydrogen) atoms. The molecule has 1 fully saturated rings. The predicted molar refractivity (Wildman–Crippen MR) is 104 cm³/mol. The number of piperidine rings is 1. The largest absolute Gasteiger partial charge is 0.356 e. The van der Waals surface area contributed by atoms with E-state index in [0.717, 1.165) is 24.2 Å². The SMILES string of the molecule is CCCCCC(=O)NCCc1cccc2c1C(=O)N(C1CCC(=O)NC1=O)C2=O. The van der Waals surface area contributed by atoms with Crippen molar-refractivity contribution in [2.24, 2.45) is 0 Å². The molecule has 1 unspecified atom stereocenters. The van der Waals surface area contributed by atoms with E-state index in [9.17, 15) is 24.0 Å². The maximum Gasteiger partial charge on any atom is 0.262 e. The summed E-state index contributed by atoms with van der Waals surface area (Å²) < 4.78 is 0. The average Bonchev–Trinajstić information content (AvgIpc) is 2.94. The smallest absolute Gasteiger partial charge is 0.262 e. The van der Waals surface area contributed by atoms with Gasteiger partial charge in [0.25, 0.3) is 11.8 Å². The molecule has 0 aliphatic carbocycles. The lowest BCUT2D eigenvalue weighted by Gasteiger charge is -2.27. The topological polar surface area (TPSA) is 113 Å². The minimum atomic E-state index is -0.980. The van der Waals surface area contributed by atoms with Crippen LogP contribution in [-0.2, 0) is 20.8 Å². The number of nitrogens with zero attached hydrogens (tertiary/aromatic N) is 1. The van der Waals surface area contributed by atoms with Crippen molar-refractivity contribution in [1.82, 2.24) is 15.5 Å². The van der Waals surface area contributed by atoms with E-state index in [0.29, 0.717) is 24.9 Å². The quantitative estimate of drug-likeness (QED) is 0.506. The third-order valence-electron chi connectivity index (χ3n) is 5.28. The van der Waals surface area contributed by atoms with Crippen molar-refractivity contribution < 1.29 is 24.0 Å². The van der Waals surface area contributed by atoms with Crippen molar-refractivity contribution in [2.45, 2.75) is 57.9 Å². The summed E-state index contributed by atoms with van der Waals surface area (Å²) in [6.07, 6.45) is 3.99. The molecule has 1 aromatic carbocycles. The van der Waals surface area contributed by atoms with Crippen LogP contribution in [0, 0.1) is 0 Å². The molecule has 5 amide bonds. The van der Waals surface area contributed by atoms with Gasteiger partial charge in [0.2, 0.25) is 17.7 Å². The van der Waals surface area contributed by atoms with Gasteiger partial charge in [-0.25, -0.2) is 0 Å². The lowest BCUT2D eigenvalue weighted by molar-refractivity contribution is -0.136. The van der Waals surface area contributed by atoms with Gasteiger partial charge < -0.3 is 5.32 Å². The van der Waals surface area contributed by atoms with Crippen LogP contribution in [0.5, 0.6) is 0 Å². The van der Waals surface area contributed by atoms with Gasteiger partial charge in [0, 0.05) is 19.4 Å². The molecule has 8 heteroatoms. The van der Waals surface area contributed by atoms with Gasteiger partial charge in [0.05, 0.1) is 11.1 Å². The molecule has 1 saturated heterocycles. The summed E-state index contributed by atoms with van der Waals surface area (Å²) >= 11 is 0. The van der Waals surface area contributed by atoms with Crippen molar-refractivity contribution in [2.75, 3.05) is 6.54 Å². The van der Waals surface area contributed by atoms with Gasteiger partial charge in [-0.15, -0.1) is 0 Å². The minimum absolute atomic E-state index is 0.0291. The highest BCUT2D eigenvalue weighted by Gasteiger charge is 2.45. The number of hydrogen-bond acceptors (Lipinski definition) is 5. The Balaban J connectivity index is 1.69. The number of rotatable bonds is 8. The van der Waals surface area contributed by atoms with E-state index in [1.165, 1.54) is 0 Å². The highest BCUT2D eigenvalue weighted by molar-refractivity contribution is 6.24. The van der Waals surface area contributed by atoms with Crippen LogP contribution in [0.15, 0.2) is 18.2 Å². The van der Waals surface area contributed by atoms with Crippen LogP contribution in [-0.4, -0.2) is 47.0 Å². The predicted octanol–water partition coefficient (Wildman–Crippen LogP) is 1.33. The zero-order valence-corrected chi connectivity index (χ0v) is 16.5. The summed E-state index contributed by atoms with van der Waals surface area (Å²) in [4.78, 5) is 62.1. The molecule has 0 radical (unpaired) electrons. The Morgan fingerprint density at radius 3 is 2.69 bits per heavy atom. The van der Waals surface area contributed by atoms with Crippen molar-refractivity contribution in [3.63, 3.8) is 0 Å². The van der Waals surface area contributed by atoms with Gasteiger partial charge in [-0.05, 0) is 30.9 Å². The molecule has 0 saturated carbocycles. The van der Waals surface area contributed by atoms with Crippen LogP contribution < -0.4 is 10.6 Å². The first-order chi connectivity index (χ1) is 13.9. The van der Waals surface area contributed by atoms with Crippen LogP contribution in [0.4, 0.5) is 0 Å². The second-order valence-corrected chi connectivity index (χ2v) is 7.34. The highest BCUT2D eigenvalue weighted by Crippen LogP contribution is 2.30. The van der Waals surface area contributed by atoms with E-state index in [-0.39, 0.29) is 29.9 Å². The van der Waals surface area contributed by atoms with Crippen molar-refractivity contribution in [3.05, 3.63) is 34.9 Å². The maximum absolute atomic E-state index is 13.0. The lowest BCUT2D eigenvalue weighted by atomic mass is 10.0. The molecule has 2 aliphatic rings. The standard InChI is InChI=1S/C21H25N3O5/c1-2-3-4-8-16(25)22-12-11-13-6-5-7-14-18(13)21(29)24(20(14)28)15-9-10-17(26)23-19(15)27/h5-7,15H,2-4,8-12H2,1H3,(H,22,25)(H,23,26,27). The summed E-state index contributed by atoms with van der Waals surface area (Å²) in [7, 11) is 0. The Labute approximate surface area is 169 Å². The van der Waals surface area contributed by atoms with Gasteiger partial charge in [-0.2, -0.15) is 0 Å². The fourth-order valence-corrected chi connectivity index (χ4v) is 3.75. The Morgan fingerprint density at radius 1 is 1.17 bits per heavy atom. The molecule has 2 aliphatic heterocycles. The Hall–Kier alpha value is -3.03. The summed E-state index contributed by atoms with van der Waals surface area (Å²) in [6.45, 7) is 2.44. The monoisotopic (exact) mass is 399 g/mol. The van der Waals surface area contributed by atoms with Gasteiger partial charge >= 0.3 is 0 Å². The number of amides is 5. The number of hydrogen-bond donors (Lipinski definition) is 2. The Kier molecular flexibility index (Phi) is 6.41. The van der Waals surface area contributed by atoms with Crippen LogP contribution >= 0.6 is 0 Å². The van der Waals surface area contributed by atoms with Crippen LogP contribution in [0.1, 0.15) is 71.7 Å². The van der Waals surface area contributed by atoms with E-state index in [4.69, 9.17) is 0 Å². The number of carbonyl (C=O) groups is 5. The number of carbonyl (C=O) groups excluding carboxylic acids is 5. The summed E-state index contributed by atoms with van der Waals surface area (Å²) in [6, 6.07) is 4.03. The van der Waals surface area contributed by atoms with Crippen LogP contribution in [0.3, 0.4) is 0 Å². The van der Waals surface area contributed by atoms with Gasteiger partial charge in [-0.1, -0.05) is 31.9 Å². The molecule has 3 rings (SSSR count). The molecular weight excluding hydrogens is 374 g/mol. The van der Waals surface area contributed by atoms with E-state index in [1.807, 2.05) is 0 Å². The summed E-state index contributed by atoms with van der Waals surface area (Å²) in [5.74, 6) is -2.11. The van der Waals surface area contributed by atoms with E-state index in [1.54, 1.807) is 18.2 Å². The van der Waals surface area contributed by atoms with Crippen molar-refractivity contribution >= 4 is 29.5 Å². The fourth-order valence-electron chi connectivity index (χ4n) is 3.75. The number of unbranched alkanes of at least 4 members (excludes halogenated alkanes) is 2. The molecule has 1 atom stereocenters.